The summed E-state index contributed by atoms with van der Waals surface area (Å²) in [5.74, 6) is 0.721. The lowest BCUT2D eigenvalue weighted by Crippen LogP contribution is -2.67. The Hall–Kier alpha value is -1.28. The zero-order valence-electron chi connectivity index (χ0n) is 13.6. The maximum absolute atomic E-state index is 4.53. The lowest BCUT2D eigenvalue weighted by molar-refractivity contribution is -0.0424. The van der Waals surface area contributed by atoms with Gasteiger partial charge in [-0.1, -0.05) is 31.7 Å². The van der Waals surface area contributed by atoms with Gasteiger partial charge in [-0.2, -0.15) is 0 Å². The van der Waals surface area contributed by atoms with Crippen LogP contribution in [0.4, 0.5) is 5.69 Å². The van der Waals surface area contributed by atoms with Gasteiger partial charge in [-0.15, -0.1) is 0 Å². The Balaban J connectivity index is 1.69. The fourth-order valence-electron chi connectivity index (χ4n) is 6.25. The van der Waals surface area contributed by atoms with Gasteiger partial charge in [-0.3, -0.25) is 4.90 Å². The Morgan fingerprint density at radius 1 is 1.27 bits per heavy atom. The van der Waals surface area contributed by atoms with Gasteiger partial charge in [0.2, 0.25) is 0 Å². The third-order valence-electron chi connectivity index (χ3n) is 7.10. The van der Waals surface area contributed by atoms with E-state index < -0.39 is 0 Å². The summed E-state index contributed by atoms with van der Waals surface area (Å²) in [5, 5.41) is 0. The summed E-state index contributed by atoms with van der Waals surface area (Å²) >= 11 is 0. The minimum absolute atomic E-state index is 0.483. The van der Waals surface area contributed by atoms with Crippen molar-refractivity contribution in [1.29, 1.82) is 0 Å². The molecule has 0 aliphatic carbocycles. The molecule has 22 heavy (non-hydrogen) atoms. The minimum Gasteiger partial charge on any atom is -0.340 e. The average Bonchev–Trinajstić information content (AvgIpc) is 2.89. The van der Waals surface area contributed by atoms with Crippen LogP contribution in [0, 0.1) is 5.41 Å². The summed E-state index contributed by atoms with van der Waals surface area (Å²) in [6, 6.07) is 10.5. The molecule has 0 saturated carbocycles. The maximum atomic E-state index is 4.53. The summed E-state index contributed by atoms with van der Waals surface area (Å²) in [7, 11) is 0. The van der Waals surface area contributed by atoms with Crippen LogP contribution in [-0.2, 0) is 0 Å². The van der Waals surface area contributed by atoms with E-state index in [1.807, 2.05) is 0 Å². The molecule has 2 heteroatoms. The molecule has 1 aromatic rings. The number of allylic oxidation sites excluding steroid dienone is 1. The first-order valence-corrected chi connectivity index (χ1v) is 9.05. The van der Waals surface area contributed by atoms with Gasteiger partial charge in [0, 0.05) is 23.3 Å². The SMILES string of the molecule is C=C1CC2(CC)CCCN3CCC4c5ccccc5N1C4C32. The molecule has 0 aromatic heterocycles. The fourth-order valence-corrected chi connectivity index (χ4v) is 6.25. The van der Waals surface area contributed by atoms with Gasteiger partial charge in [0.05, 0.1) is 6.04 Å². The summed E-state index contributed by atoms with van der Waals surface area (Å²) in [5.41, 5.74) is 4.91. The number of fused-ring (bicyclic) bond motifs is 3. The topological polar surface area (TPSA) is 6.48 Å². The number of benzene rings is 1. The molecule has 3 fully saturated rings. The van der Waals surface area contributed by atoms with Crippen LogP contribution >= 0.6 is 0 Å². The van der Waals surface area contributed by atoms with Crippen LogP contribution in [0.2, 0.25) is 0 Å². The second-order valence-corrected chi connectivity index (χ2v) is 7.86. The molecule has 1 aromatic carbocycles. The van der Waals surface area contributed by atoms with Crippen LogP contribution in [0.1, 0.15) is 50.5 Å². The first kappa shape index (κ1) is 13.2. The van der Waals surface area contributed by atoms with Crippen molar-refractivity contribution in [3.8, 4) is 0 Å². The van der Waals surface area contributed by atoms with E-state index in [1.165, 1.54) is 56.6 Å². The molecule has 116 valence electrons. The summed E-state index contributed by atoms with van der Waals surface area (Å²) in [6.45, 7) is 9.55. The number of nitrogens with zero attached hydrogens (tertiary/aromatic N) is 2. The average molecular weight is 294 g/mol. The van der Waals surface area contributed by atoms with Crippen LogP contribution in [0.5, 0.6) is 0 Å². The fraction of sp³-hybridized carbons (Fsp3) is 0.600. The number of hydrogen-bond donors (Lipinski definition) is 0. The van der Waals surface area contributed by atoms with Gasteiger partial charge in [-0.05, 0) is 62.2 Å². The Morgan fingerprint density at radius 2 is 2.14 bits per heavy atom. The normalized spacial score (nSPS) is 39.6. The molecule has 4 aliphatic rings. The molecular formula is C20H26N2. The van der Waals surface area contributed by atoms with E-state index in [0.717, 1.165) is 12.0 Å². The van der Waals surface area contributed by atoms with E-state index >= 15 is 0 Å². The molecule has 5 rings (SSSR count). The van der Waals surface area contributed by atoms with Gasteiger partial charge >= 0.3 is 0 Å². The molecule has 0 bridgehead atoms. The quantitative estimate of drug-likeness (QED) is 0.768. The summed E-state index contributed by atoms with van der Waals surface area (Å²) in [6.07, 6.45) is 6.60. The van der Waals surface area contributed by atoms with Crippen molar-refractivity contribution < 1.29 is 0 Å². The molecule has 0 radical (unpaired) electrons. The standard InChI is InChI=1S/C20H26N2/c1-3-20-10-6-11-21-12-9-16-15-7-4-5-8-17(15)22(14(2)13-20)18(16)19(20)21/h4-5,7-8,16,18-19H,2-3,6,9-13H2,1H3. The second-order valence-electron chi connectivity index (χ2n) is 7.86. The third kappa shape index (κ3) is 1.45. The molecule has 4 unspecified atom stereocenters. The Labute approximate surface area is 133 Å². The van der Waals surface area contributed by atoms with E-state index in [0.29, 0.717) is 11.5 Å². The maximum Gasteiger partial charge on any atom is 0.0569 e. The largest absolute Gasteiger partial charge is 0.340 e. The second kappa shape index (κ2) is 4.38. The van der Waals surface area contributed by atoms with Crippen molar-refractivity contribution in [3.05, 3.63) is 42.1 Å². The van der Waals surface area contributed by atoms with E-state index in [4.69, 9.17) is 0 Å². The molecule has 4 atom stereocenters. The molecule has 0 spiro atoms. The first-order valence-electron chi connectivity index (χ1n) is 9.05. The van der Waals surface area contributed by atoms with Crippen molar-refractivity contribution in [2.45, 2.75) is 57.0 Å². The number of hydrogen-bond acceptors (Lipinski definition) is 2. The Kier molecular flexibility index (Phi) is 2.63. The molecule has 4 aliphatic heterocycles. The van der Waals surface area contributed by atoms with Crippen molar-refractivity contribution in [2.75, 3.05) is 18.0 Å². The highest BCUT2D eigenvalue weighted by Crippen LogP contribution is 2.59. The minimum atomic E-state index is 0.483. The van der Waals surface area contributed by atoms with Crippen molar-refractivity contribution in [1.82, 2.24) is 4.90 Å². The van der Waals surface area contributed by atoms with Gasteiger partial charge in [0.25, 0.3) is 0 Å². The molecular weight excluding hydrogens is 268 g/mol. The van der Waals surface area contributed by atoms with Crippen LogP contribution < -0.4 is 4.90 Å². The van der Waals surface area contributed by atoms with E-state index in [-0.39, 0.29) is 0 Å². The lowest BCUT2D eigenvalue weighted by Gasteiger charge is -2.61. The molecule has 0 N–H and O–H groups in total. The zero-order valence-corrected chi connectivity index (χ0v) is 13.6. The summed E-state index contributed by atoms with van der Waals surface area (Å²) < 4.78 is 0. The summed E-state index contributed by atoms with van der Waals surface area (Å²) in [4.78, 5) is 5.47. The predicted octanol–water partition coefficient (Wildman–Crippen LogP) is 4.14. The Bertz CT molecular complexity index is 636. The molecule has 2 nitrogen and oxygen atoms in total. The molecule has 4 heterocycles. The number of para-hydroxylation sites is 1. The zero-order chi connectivity index (χ0) is 14.9. The number of rotatable bonds is 1. The van der Waals surface area contributed by atoms with Crippen LogP contribution in [0.15, 0.2) is 36.5 Å². The third-order valence-corrected chi connectivity index (χ3v) is 7.10. The predicted molar refractivity (Wildman–Crippen MR) is 91.1 cm³/mol. The molecule has 3 saturated heterocycles. The highest BCUT2D eigenvalue weighted by atomic mass is 15.3. The van der Waals surface area contributed by atoms with Crippen LogP contribution in [0.3, 0.4) is 0 Å². The van der Waals surface area contributed by atoms with Gasteiger partial charge in [-0.25, -0.2) is 0 Å². The number of anilines is 1. The highest BCUT2D eigenvalue weighted by Gasteiger charge is 2.59. The lowest BCUT2D eigenvalue weighted by atomic mass is 9.60. The van der Waals surface area contributed by atoms with Crippen molar-refractivity contribution in [3.63, 3.8) is 0 Å². The van der Waals surface area contributed by atoms with Crippen LogP contribution in [0.25, 0.3) is 0 Å². The van der Waals surface area contributed by atoms with Crippen LogP contribution in [-0.4, -0.2) is 30.1 Å². The van der Waals surface area contributed by atoms with Gasteiger partial charge < -0.3 is 4.90 Å². The van der Waals surface area contributed by atoms with Crippen molar-refractivity contribution in [2.24, 2.45) is 5.41 Å². The van der Waals surface area contributed by atoms with E-state index in [1.54, 1.807) is 5.56 Å². The van der Waals surface area contributed by atoms with Gasteiger partial charge in [0.1, 0.15) is 0 Å². The van der Waals surface area contributed by atoms with E-state index in [9.17, 15) is 0 Å². The molecule has 0 amide bonds. The monoisotopic (exact) mass is 294 g/mol. The first-order chi connectivity index (χ1) is 10.7. The van der Waals surface area contributed by atoms with Crippen molar-refractivity contribution >= 4 is 5.69 Å². The van der Waals surface area contributed by atoms with E-state index in [2.05, 4.69) is 47.6 Å². The van der Waals surface area contributed by atoms with Gasteiger partial charge in [0.15, 0.2) is 0 Å². The smallest absolute Gasteiger partial charge is 0.0569 e. The Morgan fingerprint density at radius 3 is 3.00 bits per heavy atom. The highest BCUT2D eigenvalue weighted by molar-refractivity contribution is 5.67. The number of piperidine rings is 3.